The third-order valence-corrected chi connectivity index (χ3v) is 5.85. The molecule has 1 saturated carbocycles. The summed E-state index contributed by atoms with van der Waals surface area (Å²) in [4.78, 5) is 28.1. The summed E-state index contributed by atoms with van der Waals surface area (Å²) in [7, 11) is 0. The molecule has 24 heavy (non-hydrogen) atoms. The standard InChI is InChI=1S/C18H23N3O3/c22-18(15-10-16(15)21(23)24)20(11-13-4-2-1-3-5-13)17-12-19-8-6-14(17)7-9-19/h1-5,14-17H,6-12H2/t15-,16+,17-/m1/s1. The Bertz CT molecular complexity index is 628. The molecule has 1 aromatic rings. The lowest BCUT2D eigenvalue weighted by atomic mass is 9.82. The number of benzene rings is 1. The van der Waals surface area contributed by atoms with E-state index >= 15 is 0 Å². The van der Waals surface area contributed by atoms with E-state index < -0.39 is 12.0 Å². The van der Waals surface area contributed by atoms with Crippen LogP contribution < -0.4 is 0 Å². The van der Waals surface area contributed by atoms with Crippen molar-refractivity contribution in [1.29, 1.82) is 0 Å². The van der Waals surface area contributed by atoms with Crippen LogP contribution in [0.4, 0.5) is 0 Å². The Kier molecular flexibility index (Phi) is 4.00. The van der Waals surface area contributed by atoms with Gasteiger partial charge in [0.25, 0.3) is 0 Å². The molecule has 4 aliphatic rings. The third kappa shape index (κ3) is 2.90. The van der Waals surface area contributed by atoms with Gasteiger partial charge in [0.15, 0.2) is 0 Å². The van der Waals surface area contributed by atoms with Crippen LogP contribution >= 0.6 is 0 Å². The van der Waals surface area contributed by atoms with Crippen LogP contribution in [0, 0.1) is 22.0 Å². The predicted molar refractivity (Wildman–Crippen MR) is 88.8 cm³/mol. The summed E-state index contributed by atoms with van der Waals surface area (Å²) in [6.45, 7) is 3.72. The van der Waals surface area contributed by atoms with E-state index in [9.17, 15) is 14.9 Å². The fraction of sp³-hybridized carbons (Fsp3) is 0.611. The van der Waals surface area contributed by atoms with E-state index in [0.717, 1.165) is 38.0 Å². The molecule has 0 unspecified atom stereocenters. The van der Waals surface area contributed by atoms with Crippen molar-refractivity contribution < 1.29 is 9.72 Å². The van der Waals surface area contributed by atoms with Gasteiger partial charge in [-0.1, -0.05) is 30.3 Å². The second kappa shape index (κ2) is 6.16. The van der Waals surface area contributed by atoms with E-state index in [1.54, 1.807) is 0 Å². The van der Waals surface area contributed by atoms with E-state index in [-0.39, 0.29) is 16.9 Å². The van der Waals surface area contributed by atoms with Crippen molar-refractivity contribution in [2.24, 2.45) is 11.8 Å². The number of amides is 1. The molecule has 0 spiro atoms. The maximum atomic E-state index is 13.0. The highest BCUT2D eigenvalue weighted by molar-refractivity contribution is 5.82. The number of piperidine rings is 3. The lowest BCUT2D eigenvalue weighted by Crippen LogP contribution is -2.58. The SMILES string of the molecule is O=C([C@@H]1C[C@@H]1[N+](=O)[O-])N(Cc1ccccc1)[C@@H]1CN2CCC1CC2. The number of rotatable bonds is 5. The number of carbonyl (C=O) groups is 1. The van der Waals surface area contributed by atoms with E-state index in [2.05, 4.69) is 4.90 Å². The van der Waals surface area contributed by atoms with Crippen LogP contribution in [0.2, 0.25) is 0 Å². The van der Waals surface area contributed by atoms with Crippen LogP contribution in [0.15, 0.2) is 30.3 Å². The molecule has 1 aliphatic carbocycles. The van der Waals surface area contributed by atoms with Crippen LogP contribution in [0.3, 0.4) is 0 Å². The zero-order valence-electron chi connectivity index (χ0n) is 13.7. The summed E-state index contributed by atoms with van der Waals surface area (Å²) in [5, 5.41) is 11.0. The lowest BCUT2D eigenvalue weighted by Gasteiger charge is -2.49. The van der Waals surface area contributed by atoms with Crippen LogP contribution in [0.25, 0.3) is 0 Å². The van der Waals surface area contributed by atoms with Gasteiger partial charge in [0.05, 0.1) is 0 Å². The van der Waals surface area contributed by atoms with Gasteiger partial charge in [-0.2, -0.15) is 0 Å². The number of hydrogen-bond acceptors (Lipinski definition) is 4. The van der Waals surface area contributed by atoms with Crippen molar-refractivity contribution in [3.05, 3.63) is 46.0 Å². The molecular weight excluding hydrogens is 306 g/mol. The Hall–Kier alpha value is -1.95. The highest BCUT2D eigenvalue weighted by atomic mass is 16.6. The molecule has 128 valence electrons. The zero-order chi connectivity index (χ0) is 16.7. The Labute approximate surface area is 141 Å². The second-order valence-corrected chi connectivity index (χ2v) is 7.35. The first kappa shape index (κ1) is 15.6. The summed E-state index contributed by atoms with van der Waals surface area (Å²) in [6.07, 6.45) is 2.66. The van der Waals surface area contributed by atoms with Crippen molar-refractivity contribution in [1.82, 2.24) is 9.80 Å². The van der Waals surface area contributed by atoms with E-state index in [0.29, 0.717) is 18.9 Å². The molecule has 2 bridgehead atoms. The molecule has 5 rings (SSSR count). The van der Waals surface area contributed by atoms with Crippen molar-refractivity contribution in [2.45, 2.75) is 37.9 Å². The van der Waals surface area contributed by atoms with Gasteiger partial charge in [-0.15, -0.1) is 0 Å². The van der Waals surface area contributed by atoms with Crippen LogP contribution in [-0.4, -0.2) is 52.3 Å². The Balaban J connectivity index is 1.55. The van der Waals surface area contributed by atoms with Crippen molar-refractivity contribution in [3.8, 4) is 0 Å². The summed E-state index contributed by atoms with van der Waals surface area (Å²) in [6, 6.07) is 9.51. The number of carbonyl (C=O) groups excluding carboxylic acids is 1. The molecule has 3 heterocycles. The fourth-order valence-corrected chi connectivity index (χ4v) is 4.32. The maximum Gasteiger partial charge on any atom is 0.233 e. The Morgan fingerprint density at radius 1 is 1.25 bits per heavy atom. The van der Waals surface area contributed by atoms with Gasteiger partial charge in [-0.3, -0.25) is 14.9 Å². The maximum absolute atomic E-state index is 13.0. The van der Waals surface area contributed by atoms with Crippen molar-refractivity contribution >= 4 is 5.91 Å². The third-order valence-electron chi connectivity index (χ3n) is 5.85. The summed E-state index contributed by atoms with van der Waals surface area (Å²) in [5.41, 5.74) is 1.10. The number of nitrogens with zero attached hydrogens (tertiary/aromatic N) is 3. The molecule has 4 fully saturated rings. The topological polar surface area (TPSA) is 66.7 Å². The minimum atomic E-state index is -0.670. The molecule has 0 aromatic heterocycles. The highest BCUT2D eigenvalue weighted by Crippen LogP contribution is 2.38. The molecule has 3 aliphatic heterocycles. The van der Waals surface area contributed by atoms with Gasteiger partial charge in [-0.25, -0.2) is 0 Å². The van der Waals surface area contributed by atoms with Crippen molar-refractivity contribution in [2.75, 3.05) is 19.6 Å². The lowest BCUT2D eigenvalue weighted by molar-refractivity contribution is -0.497. The second-order valence-electron chi connectivity index (χ2n) is 7.35. The van der Waals surface area contributed by atoms with Gasteiger partial charge in [0, 0.05) is 30.5 Å². The van der Waals surface area contributed by atoms with Gasteiger partial charge >= 0.3 is 0 Å². The minimum absolute atomic E-state index is 0.0145. The Morgan fingerprint density at radius 2 is 1.96 bits per heavy atom. The van der Waals surface area contributed by atoms with Gasteiger partial charge < -0.3 is 9.80 Å². The average molecular weight is 329 g/mol. The summed E-state index contributed by atoms with van der Waals surface area (Å²) >= 11 is 0. The molecule has 0 radical (unpaired) electrons. The molecule has 1 amide bonds. The van der Waals surface area contributed by atoms with E-state index in [1.807, 2.05) is 35.2 Å². The molecule has 0 N–H and O–H groups in total. The number of fused-ring (bicyclic) bond motifs is 3. The first-order chi connectivity index (χ1) is 11.6. The Morgan fingerprint density at radius 3 is 2.50 bits per heavy atom. The van der Waals surface area contributed by atoms with E-state index in [1.165, 1.54) is 0 Å². The molecular formula is C18H23N3O3. The molecule has 6 nitrogen and oxygen atoms in total. The number of nitro groups is 1. The van der Waals surface area contributed by atoms with Gasteiger partial charge in [0.2, 0.25) is 11.9 Å². The van der Waals surface area contributed by atoms with Crippen molar-refractivity contribution in [3.63, 3.8) is 0 Å². The van der Waals surface area contributed by atoms with Gasteiger partial charge in [0.1, 0.15) is 5.92 Å². The predicted octanol–water partition coefficient (Wildman–Crippen LogP) is 1.77. The zero-order valence-corrected chi connectivity index (χ0v) is 13.7. The highest BCUT2D eigenvalue weighted by Gasteiger charge is 2.56. The van der Waals surface area contributed by atoms with Crippen LogP contribution in [-0.2, 0) is 11.3 Å². The van der Waals surface area contributed by atoms with E-state index in [4.69, 9.17) is 0 Å². The van der Waals surface area contributed by atoms with Crippen LogP contribution in [0.5, 0.6) is 0 Å². The monoisotopic (exact) mass is 329 g/mol. The fourth-order valence-electron chi connectivity index (χ4n) is 4.32. The first-order valence-corrected chi connectivity index (χ1v) is 8.84. The largest absolute Gasteiger partial charge is 0.333 e. The van der Waals surface area contributed by atoms with Gasteiger partial charge in [-0.05, 0) is 37.4 Å². The summed E-state index contributed by atoms with van der Waals surface area (Å²) in [5.74, 6) is 0.105. The smallest absolute Gasteiger partial charge is 0.233 e. The molecule has 3 saturated heterocycles. The first-order valence-electron chi connectivity index (χ1n) is 8.84. The average Bonchev–Trinajstić information content (AvgIpc) is 3.42. The normalized spacial score (nSPS) is 33.9. The molecule has 3 atom stereocenters. The minimum Gasteiger partial charge on any atom is -0.333 e. The molecule has 6 heteroatoms. The number of hydrogen-bond donors (Lipinski definition) is 0. The quantitative estimate of drug-likeness (QED) is 0.610. The van der Waals surface area contributed by atoms with Crippen LogP contribution in [0.1, 0.15) is 24.8 Å². The molecule has 1 aromatic carbocycles. The summed E-state index contributed by atoms with van der Waals surface area (Å²) < 4.78 is 0.